The summed E-state index contributed by atoms with van der Waals surface area (Å²) in [7, 11) is 1.51. The number of halogens is 1. The predicted octanol–water partition coefficient (Wildman–Crippen LogP) is 1.90. The Bertz CT molecular complexity index is 673. The van der Waals surface area contributed by atoms with Gasteiger partial charge in [0, 0.05) is 10.0 Å². The Morgan fingerprint density at radius 3 is 2.76 bits per heavy atom. The molecule has 1 saturated heterocycles. The summed E-state index contributed by atoms with van der Waals surface area (Å²) in [4.78, 5) is 22.8. The van der Waals surface area contributed by atoms with E-state index in [0.29, 0.717) is 27.1 Å². The fraction of sp³-hybridized carbons (Fsp3) is 0.200. The predicted molar refractivity (Wildman–Crippen MR) is 80.8 cm³/mol. The molecule has 0 aromatic heterocycles. The van der Waals surface area contributed by atoms with Gasteiger partial charge >= 0.3 is 0 Å². The molecule has 1 heterocycles. The minimum absolute atomic E-state index is 0.0724. The molecule has 1 aliphatic rings. The molecule has 0 radical (unpaired) electrons. The van der Waals surface area contributed by atoms with Gasteiger partial charge in [-0.25, -0.2) is 0 Å². The molecule has 0 saturated carbocycles. The van der Waals surface area contributed by atoms with Gasteiger partial charge in [-0.1, -0.05) is 21.9 Å². The summed E-state index contributed by atoms with van der Waals surface area (Å²) in [5.41, 5.74) is 1.11. The highest BCUT2D eigenvalue weighted by Gasteiger charge is 2.24. The second kappa shape index (κ2) is 6.46. The number of carbonyl (C=O) groups excluding carboxylic acids is 2. The monoisotopic (exact) mass is 349 g/mol. The molecule has 2 rings (SSSR count). The van der Waals surface area contributed by atoms with E-state index in [1.807, 2.05) is 0 Å². The first-order valence-corrected chi connectivity index (χ1v) is 6.83. The molecular weight excluding hydrogens is 338 g/mol. The minimum Gasteiger partial charge on any atom is -0.493 e. The van der Waals surface area contributed by atoms with E-state index in [-0.39, 0.29) is 24.8 Å². The van der Waals surface area contributed by atoms with Gasteiger partial charge in [0.1, 0.15) is 6.61 Å². The molecule has 1 aromatic carbocycles. The third kappa shape index (κ3) is 3.44. The largest absolute Gasteiger partial charge is 0.493 e. The van der Waals surface area contributed by atoms with E-state index < -0.39 is 0 Å². The van der Waals surface area contributed by atoms with Crippen LogP contribution < -0.4 is 14.8 Å². The molecule has 1 aromatic rings. The third-order valence-corrected chi connectivity index (χ3v) is 3.51. The van der Waals surface area contributed by atoms with Crippen molar-refractivity contribution in [2.75, 3.05) is 13.7 Å². The van der Waals surface area contributed by atoms with E-state index in [9.17, 15) is 9.59 Å². The van der Waals surface area contributed by atoms with Crippen LogP contribution in [0, 0.1) is 12.3 Å². The van der Waals surface area contributed by atoms with Crippen molar-refractivity contribution >= 4 is 33.8 Å². The Morgan fingerprint density at radius 1 is 1.43 bits per heavy atom. The van der Waals surface area contributed by atoms with E-state index in [0.717, 1.165) is 0 Å². The lowest BCUT2D eigenvalue weighted by molar-refractivity contribution is -0.124. The van der Waals surface area contributed by atoms with Crippen molar-refractivity contribution in [2.24, 2.45) is 0 Å². The van der Waals surface area contributed by atoms with Crippen LogP contribution in [-0.2, 0) is 9.59 Å². The van der Waals surface area contributed by atoms with Gasteiger partial charge in [0.05, 0.1) is 13.5 Å². The second-order valence-electron chi connectivity index (χ2n) is 4.24. The number of carbonyl (C=O) groups is 2. The molecule has 108 valence electrons. The van der Waals surface area contributed by atoms with Crippen LogP contribution in [0.2, 0.25) is 0 Å². The summed E-state index contributed by atoms with van der Waals surface area (Å²) >= 11 is 3.40. The van der Waals surface area contributed by atoms with E-state index in [2.05, 4.69) is 27.2 Å². The molecular formula is C15H12BrNO4. The summed E-state index contributed by atoms with van der Waals surface area (Å²) in [5, 5.41) is 2.23. The highest BCUT2D eigenvalue weighted by molar-refractivity contribution is 9.10. The molecule has 1 fully saturated rings. The Balaban J connectivity index is 2.37. The van der Waals surface area contributed by atoms with Gasteiger partial charge in [-0.15, -0.1) is 6.42 Å². The van der Waals surface area contributed by atoms with Crippen LogP contribution in [0.5, 0.6) is 11.5 Å². The van der Waals surface area contributed by atoms with E-state index in [1.165, 1.54) is 7.11 Å². The van der Waals surface area contributed by atoms with Gasteiger partial charge in [-0.2, -0.15) is 0 Å². The third-order valence-electron chi connectivity index (χ3n) is 2.82. The molecule has 0 spiro atoms. The summed E-state index contributed by atoms with van der Waals surface area (Å²) in [6.07, 6.45) is 6.87. The van der Waals surface area contributed by atoms with Crippen LogP contribution in [-0.4, -0.2) is 25.5 Å². The number of benzene rings is 1. The molecule has 1 N–H and O–H groups in total. The zero-order valence-corrected chi connectivity index (χ0v) is 12.8. The normalized spacial score (nSPS) is 15.8. The second-order valence-corrected chi connectivity index (χ2v) is 5.10. The first kappa shape index (κ1) is 15.1. The molecule has 2 amide bonds. The summed E-state index contributed by atoms with van der Waals surface area (Å²) < 4.78 is 11.3. The number of imide groups is 1. The number of amides is 2. The molecule has 0 atom stereocenters. The molecule has 6 heteroatoms. The maximum absolute atomic E-state index is 11.6. The SMILES string of the molecule is C#CCOc1cc(Br)c(/C=C2/CC(=O)NC2=O)cc1OC. The maximum atomic E-state index is 11.6. The van der Waals surface area contributed by atoms with Crippen LogP contribution in [0.15, 0.2) is 22.2 Å². The van der Waals surface area contributed by atoms with Crippen LogP contribution in [0.25, 0.3) is 6.08 Å². The lowest BCUT2D eigenvalue weighted by Crippen LogP contribution is -2.19. The lowest BCUT2D eigenvalue weighted by Gasteiger charge is -2.11. The van der Waals surface area contributed by atoms with Crippen LogP contribution in [0.1, 0.15) is 12.0 Å². The number of ether oxygens (including phenoxy) is 2. The molecule has 1 aliphatic heterocycles. The minimum atomic E-state index is -0.376. The maximum Gasteiger partial charge on any atom is 0.254 e. The topological polar surface area (TPSA) is 64.6 Å². The highest BCUT2D eigenvalue weighted by Crippen LogP contribution is 2.35. The van der Waals surface area contributed by atoms with Gasteiger partial charge in [0.2, 0.25) is 5.91 Å². The van der Waals surface area contributed by atoms with E-state index in [4.69, 9.17) is 15.9 Å². The Morgan fingerprint density at radius 2 is 2.19 bits per heavy atom. The van der Waals surface area contributed by atoms with Crippen molar-refractivity contribution in [2.45, 2.75) is 6.42 Å². The summed E-state index contributed by atoms with van der Waals surface area (Å²) in [6, 6.07) is 3.41. The zero-order valence-electron chi connectivity index (χ0n) is 11.2. The first-order valence-electron chi connectivity index (χ1n) is 6.03. The smallest absolute Gasteiger partial charge is 0.254 e. The zero-order chi connectivity index (χ0) is 15.4. The standard InChI is InChI=1S/C15H12BrNO4/c1-3-4-21-13-8-11(16)9(6-12(13)20-2)5-10-7-14(18)17-15(10)19/h1,5-6,8H,4,7H2,2H3,(H,17,18,19)/b10-5-. The van der Waals surface area contributed by atoms with Gasteiger partial charge in [0.25, 0.3) is 5.91 Å². The number of nitrogens with one attached hydrogen (secondary N) is 1. The number of terminal acetylenes is 1. The number of hydrogen-bond donors (Lipinski definition) is 1. The highest BCUT2D eigenvalue weighted by atomic mass is 79.9. The quantitative estimate of drug-likeness (QED) is 0.512. The van der Waals surface area contributed by atoms with Crippen LogP contribution >= 0.6 is 15.9 Å². The van der Waals surface area contributed by atoms with Crippen molar-refractivity contribution in [1.29, 1.82) is 0 Å². The molecule has 0 unspecified atom stereocenters. The number of hydrogen-bond acceptors (Lipinski definition) is 4. The van der Waals surface area contributed by atoms with Crippen molar-refractivity contribution in [3.05, 3.63) is 27.7 Å². The first-order chi connectivity index (χ1) is 10.0. The van der Waals surface area contributed by atoms with Gasteiger partial charge in [-0.3, -0.25) is 14.9 Å². The Hall–Kier alpha value is -2.26. The van der Waals surface area contributed by atoms with Crippen molar-refractivity contribution < 1.29 is 19.1 Å². The molecule has 0 aliphatic carbocycles. The van der Waals surface area contributed by atoms with E-state index >= 15 is 0 Å². The van der Waals surface area contributed by atoms with Crippen molar-refractivity contribution in [3.8, 4) is 23.8 Å². The Labute approximate surface area is 130 Å². The fourth-order valence-corrected chi connectivity index (χ4v) is 2.30. The number of rotatable bonds is 4. The van der Waals surface area contributed by atoms with Crippen LogP contribution in [0.3, 0.4) is 0 Å². The molecule has 0 bridgehead atoms. The number of methoxy groups -OCH3 is 1. The van der Waals surface area contributed by atoms with Gasteiger partial charge in [0.15, 0.2) is 11.5 Å². The van der Waals surface area contributed by atoms with Gasteiger partial charge in [-0.05, 0) is 23.8 Å². The molecule has 5 nitrogen and oxygen atoms in total. The van der Waals surface area contributed by atoms with Crippen molar-refractivity contribution in [1.82, 2.24) is 5.32 Å². The Kier molecular flexibility index (Phi) is 4.66. The average molecular weight is 350 g/mol. The fourth-order valence-electron chi connectivity index (χ4n) is 1.86. The van der Waals surface area contributed by atoms with Crippen molar-refractivity contribution in [3.63, 3.8) is 0 Å². The lowest BCUT2D eigenvalue weighted by atomic mass is 10.1. The van der Waals surface area contributed by atoms with Crippen LogP contribution in [0.4, 0.5) is 0 Å². The summed E-state index contributed by atoms with van der Waals surface area (Å²) in [6.45, 7) is 0.125. The molecule has 21 heavy (non-hydrogen) atoms. The summed E-state index contributed by atoms with van der Waals surface area (Å²) in [5.74, 6) is 2.68. The average Bonchev–Trinajstić information content (AvgIpc) is 2.77. The van der Waals surface area contributed by atoms with E-state index in [1.54, 1.807) is 18.2 Å². The van der Waals surface area contributed by atoms with Gasteiger partial charge < -0.3 is 9.47 Å².